The summed E-state index contributed by atoms with van der Waals surface area (Å²) in [5, 5.41) is 9.77. The number of benzene rings is 1. The third kappa shape index (κ3) is 3.60. The fourth-order valence-corrected chi connectivity index (χ4v) is 5.99. The Kier molecular flexibility index (Phi) is 5.38. The van der Waals surface area contributed by atoms with Crippen LogP contribution in [-0.2, 0) is 11.2 Å². The summed E-state index contributed by atoms with van der Waals surface area (Å²) in [4.78, 5) is 31.3. The van der Waals surface area contributed by atoms with Crippen molar-refractivity contribution in [1.29, 1.82) is 0 Å². The van der Waals surface area contributed by atoms with E-state index in [0.717, 1.165) is 11.3 Å². The molecular weight excluding hydrogens is 485 g/mol. The van der Waals surface area contributed by atoms with Crippen molar-refractivity contribution in [1.82, 2.24) is 20.1 Å². The summed E-state index contributed by atoms with van der Waals surface area (Å²) in [6.07, 6.45) is 3.51. The first-order chi connectivity index (χ1) is 17.2. The molecule has 1 aromatic carbocycles. The van der Waals surface area contributed by atoms with Crippen LogP contribution in [0.2, 0.25) is 5.02 Å². The van der Waals surface area contributed by atoms with E-state index in [-0.39, 0.29) is 29.2 Å². The number of amides is 1. The number of ether oxygens (including phenoxy) is 1. The zero-order valence-corrected chi connectivity index (χ0v) is 20.6. The van der Waals surface area contributed by atoms with Crippen molar-refractivity contribution in [3.8, 4) is 17.0 Å². The largest absolute Gasteiger partial charge is 0.477 e. The summed E-state index contributed by atoms with van der Waals surface area (Å²) in [6.45, 7) is 4.66. The minimum atomic E-state index is -0.682. The zero-order valence-electron chi connectivity index (χ0n) is 19.8. The van der Waals surface area contributed by atoms with E-state index in [4.69, 9.17) is 16.3 Å². The van der Waals surface area contributed by atoms with Crippen molar-refractivity contribution in [2.45, 2.75) is 50.7 Å². The van der Waals surface area contributed by atoms with Crippen molar-refractivity contribution >= 4 is 23.2 Å². The smallest absolute Gasteiger partial charge is 0.264 e. The highest BCUT2D eigenvalue weighted by Gasteiger charge is 2.69. The van der Waals surface area contributed by atoms with Crippen LogP contribution in [0.1, 0.15) is 44.0 Å². The number of aromatic nitrogens is 3. The Morgan fingerprint density at radius 2 is 2.17 bits per heavy atom. The molecule has 3 aliphatic heterocycles. The van der Waals surface area contributed by atoms with Gasteiger partial charge in [0.05, 0.1) is 29.1 Å². The number of hydrogen-bond donors (Lipinski definition) is 2. The Balaban J connectivity index is 1.18. The second kappa shape index (κ2) is 8.38. The Morgan fingerprint density at radius 1 is 1.33 bits per heavy atom. The van der Waals surface area contributed by atoms with Gasteiger partial charge < -0.3 is 10.1 Å². The van der Waals surface area contributed by atoms with Crippen molar-refractivity contribution in [3.05, 3.63) is 69.0 Å². The molecule has 6 rings (SSSR count). The molecule has 186 valence electrons. The average molecular weight is 510 g/mol. The zero-order chi connectivity index (χ0) is 25.2. The lowest BCUT2D eigenvalue weighted by molar-refractivity contribution is -0.207. The van der Waals surface area contributed by atoms with Gasteiger partial charge in [-0.1, -0.05) is 25.4 Å². The number of anilines is 1. The van der Waals surface area contributed by atoms with Crippen LogP contribution in [0.25, 0.3) is 11.1 Å². The second-order valence-electron chi connectivity index (χ2n) is 10.2. The van der Waals surface area contributed by atoms with Gasteiger partial charge in [-0.05, 0) is 48.9 Å². The number of rotatable bonds is 6. The molecule has 3 aliphatic rings. The highest BCUT2D eigenvalue weighted by Crippen LogP contribution is 2.61. The first kappa shape index (κ1) is 23.1. The number of halogens is 2. The topological polar surface area (TPSA) is 100 Å². The molecule has 3 aromatic rings. The van der Waals surface area contributed by atoms with Gasteiger partial charge in [-0.3, -0.25) is 14.5 Å². The SMILES string of the molecule is CC(C)COc1ccc(-c2cc(F)c(NC(=O)C34CC5Cc6cc(=O)[nH]nc6[C@@H](C3)N54)cc2Cl)cn1. The van der Waals surface area contributed by atoms with Crippen LogP contribution in [0.3, 0.4) is 0 Å². The molecule has 3 atom stereocenters. The average Bonchev–Trinajstić information content (AvgIpc) is 2.81. The Hall–Kier alpha value is -3.30. The van der Waals surface area contributed by atoms with Crippen LogP contribution in [0.15, 0.2) is 41.3 Å². The fourth-order valence-electron chi connectivity index (χ4n) is 5.72. The summed E-state index contributed by atoms with van der Waals surface area (Å²) in [7, 11) is 0. The molecule has 36 heavy (non-hydrogen) atoms. The van der Waals surface area contributed by atoms with E-state index in [9.17, 15) is 9.59 Å². The number of carbonyl (C=O) groups excluding carboxylic acids is 1. The van der Waals surface area contributed by atoms with E-state index < -0.39 is 11.4 Å². The standard InChI is InChI=1S/C26H25ClFN5O3/c1-13(2)12-36-23-4-3-14(11-29-23)17-7-19(28)20(8-18(17)27)30-25(35)26-9-16-5-15-6-22(34)31-32-24(15)21(10-26)33(16)26/h3-4,6-8,11,13,16,21H,5,9-10,12H2,1-2H3,(H,30,35)(H,31,34)/t16?,21-,26?/m1/s1. The predicted octanol–water partition coefficient (Wildman–Crippen LogP) is 4.11. The summed E-state index contributed by atoms with van der Waals surface area (Å²) in [6, 6.07) is 8.02. The molecule has 1 amide bonds. The number of fused-ring (bicyclic) bond motifs is 2. The molecule has 0 bridgehead atoms. The number of carbonyl (C=O) groups is 1. The first-order valence-corrected chi connectivity index (χ1v) is 12.4. The minimum Gasteiger partial charge on any atom is -0.477 e. The van der Waals surface area contributed by atoms with Crippen LogP contribution >= 0.6 is 11.6 Å². The monoisotopic (exact) mass is 509 g/mol. The van der Waals surface area contributed by atoms with Gasteiger partial charge in [-0.2, -0.15) is 5.10 Å². The molecule has 2 fully saturated rings. The van der Waals surface area contributed by atoms with Gasteiger partial charge in [-0.15, -0.1) is 0 Å². The van der Waals surface area contributed by atoms with Crippen LogP contribution in [0.4, 0.5) is 10.1 Å². The van der Waals surface area contributed by atoms with Gasteiger partial charge in [0.2, 0.25) is 11.8 Å². The number of pyridine rings is 1. The maximum absolute atomic E-state index is 15.1. The fraction of sp³-hybridized carbons (Fsp3) is 0.385. The van der Waals surface area contributed by atoms with Crippen LogP contribution in [0.5, 0.6) is 5.88 Å². The highest BCUT2D eigenvalue weighted by molar-refractivity contribution is 6.33. The molecule has 2 unspecified atom stereocenters. The minimum absolute atomic E-state index is 0.00843. The lowest BCUT2D eigenvalue weighted by Crippen LogP contribution is -2.81. The van der Waals surface area contributed by atoms with Crippen molar-refractivity contribution in [3.63, 3.8) is 0 Å². The summed E-state index contributed by atoms with van der Waals surface area (Å²) >= 11 is 6.49. The maximum Gasteiger partial charge on any atom is 0.264 e. The Morgan fingerprint density at radius 3 is 2.92 bits per heavy atom. The van der Waals surface area contributed by atoms with Gasteiger partial charge in [0.25, 0.3) is 5.56 Å². The summed E-state index contributed by atoms with van der Waals surface area (Å²) in [5.41, 5.74) is 2.04. The normalized spacial score (nSPS) is 23.8. The lowest BCUT2D eigenvalue weighted by atomic mass is 9.59. The lowest BCUT2D eigenvalue weighted by Gasteiger charge is -2.70. The molecule has 8 nitrogen and oxygen atoms in total. The van der Waals surface area contributed by atoms with Gasteiger partial charge >= 0.3 is 0 Å². The van der Waals surface area contributed by atoms with Gasteiger partial charge in [-0.25, -0.2) is 14.5 Å². The van der Waals surface area contributed by atoms with E-state index in [0.29, 0.717) is 53.8 Å². The molecule has 0 aliphatic carbocycles. The van der Waals surface area contributed by atoms with Crippen molar-refractivity contribution < 1.29 is 13.9 Å². The Bertz CT molecular complexity index is 1430. The molecule has 0 spiro atoms. The van der Waals surface area contributed by atoms with Crippen molar-refractivity contribution in [2.75, 3.05) is 11.9 Å². The van der Waals surface area contributed by atoms with Crippen LogP contribution in [-0.4, -0.2) is 44.2 Å². The number of nitrogens with zero attached hydrogens (tertiary/aromatic N) is 3. The van der Waals surface area contributed by atoms with E-state index >= 15 is 4.39 Å². The number of aromatic amines is 1. The van der Waals surface area contributed by atoms with Crippen LogP contribution < -0.4 is 15.6 Å². The Labute approximate surface area is 211 Å². The van der Waals surface area contributed by atoms with E-state index in [1.165, 1.54) is 12.1 Å². The third-order valence-corrected chi connectivity index (χ3v) is 7.67. The number of nitrogens with one attached hydrogen (secondary N) is 2. The van der Waals surface area contributed by atoms with E-state index in [1.54, 1.807) is 24.4 Å². The van der Waals surface area contributed by atoms with Gasteiger partial charge in [0.15, 0.2) is 0 Å². The quantitative estimate of drug-likeness (QED) is 0.518. The summed E-state index contributed by atoms with van der Waals surface area (Å²) in [5.74, 6) is 0.0433. The molecule has 2 saturated heterocycles. The maximum atomic E-state index is 15.1. The van der Waals surface area contributed by atoms with E-state index in [1.807, 2.05) is 0 Å². The second-order valence-corrected chi connectivity index (χ2v) is 10.6. The molecule has 2 N–H and O–H groups in total. The van der Waals surface area contributed by atoms with Crippen molar-refractivity contribution in [2.24, 2.45) is 5.92 Å². The predicted molar refractivity (Wildman–Crippen MR) is 132 cm³/mol. The molecular formula is C26H25ClFN5O3. The van der Waals surface area contributed by atoms with Gasteiger partial charge in [0.1, 0.15) is 11.4 Å². The number of piperidine rings is 1. The summed E-state index contributed by atoms with van der Waals surface area (Å²) < 4.78 is 20.7. The number of H-pyrrole nitrogens is 1. The van der Waals surface area contributed by atoms with Gasteiger partial charge in [0, 0.05) is 35.5 Å². The highest BCUT2D eigenvalue weighted by atomic mass is 35.5. The molecule has 0 radical (unpaired) electrons. The van der Waals surface area contributed by atoms with E-state index in [2.05, 4.69) is 39.2 Å². The molecule has 5 heterocycles. The van der Waals surface area contributed by atoms with Crippen LogP contribution in [0, 0.1) is 11.7 Å². The molecule has 2 aromatic heterocycles. The number of hydrogen-bond acceptors (Lipinski definition) is 6. The molecule has 0 saturated carbocycles. The first-order valence-electron chi connectivity index (χ1n) is 12.0. The third-order valence-electron chi connectivity index (χ3n) is 7.36. The molecule has 10 heteroatoms.